The number of carbonyl (C=O) groups excluding carboxylic acids is 2. The maximum Gasteiger partial charge on any atom is 0.311 e. The number of benzene rings is 3. The Balaban J connectivity index is 1.78. The zero-order valence-electron chi connectivity index (χ0n) is 16.6. The molecule has 0 saturated carbocycles. The molecule has 0 radical (unpaired) electrons. The second-order valence-corrected chi connectivity index (χ2v) is 7.26. The minimum atomic E-state index is -1.22. The Kier molecular flexibility index (Phi) is 6.99. The van der Waals surface area contributed by atoms with Crippen LogP contribution in [0.25, 0.3) is 0 Å². The number of halogens is 1. The van der Waals surface area contributed by atoms with Gasteiger partial charge in [-0.25, -0.2) is 0 Å². The summed E-state index contributed by atoms with van der Waals surface area (Å²) in [6.45, 7) is 1.95. The second kappa shape index (κ2) is 9.86. The molecule has 1 unspecified atom stereocenters. The lowest BCUT2D eigenvalue weighted by atomic mass is 10.1. The quantitative estimate of drug-likeness (QED) is 0.317. The summed E-state index contributed by atoms with van der Waals surface area (Å²) in [6.07, 6.45) is -1.21. The molecule has 0 aromatic heterocycles. The zero-order chi connectivity index (χ0) is 22.4. The van der Waals surface area contributed by atoms with Crippen LogP contribution in [0, 0.1) is 17.0 Å². The molecule has 0 aliphatic rings. The van der Waals surface area contributed by atoms with E-state index in [-0.39, 0.29) is 22.8 Å². The van der Waals surface area contributed by atoms with Crippen LogP contribution in [0.1, 0.15) is 22.8 Å². The molecular formula is C23H19ClN2O5. The summed E-state index contributed by atoms with van der Waals surface area (Å²) in [5, 5.41) is 13.5. The molecule has 0 aliphatic heterocycles. The SMILES string of the molecule is Cc1ccc(CC(=O)OC(C(=O)Nc2ccc([N+](=O)[O-])cc2Cl)c2ccccc2)cc1. The predicted molar refractivity (Wildman–Crippen MR) is 117 cm³/mol. The maximum atomic E-state index is 12.9. The number of esters is 1. The molecule has 0 fully saturated rings. The maximum absolute atomic E-state index is 12.9. The van der Waals surface area contributed by atoms with Gasteiger partial charge in [0.05, 0.1) is 22.1 Å². The van der Waals surface area contributed by atoms with E-state index in [0.717, 1.165) is 17.2 Å². The van der Waals surface area contributed by atoms with Crippen molar-refractivity contribution in [2.75, 3.05) is 5.32 Å². The molecule has 3 rings (SSSR count). The molecular weight excluding hydrogens is 420 g/mol. The van der Waals surface area contributed by atoms with Gasteiger partial charge in [0.15, 0.2) is 0 Å². The van der Waals surface area contributed by atoms with E-state index in [1.807, 2.05) is 31.2 Å². The lowest BCUT2D eigenvalue weighted by molar-refractivity contribution is -0.384. The van der Waals surface area contributed by atoms with Gasteiger partial charge < -0.3 is 10.1 Å². The number of nitro benzene ring substituents is 1. The van der Waals surface area contributed by atoms with Gasteiger partial charge in [-0.05, 0) is 18.6 Å². The van der Waals surface area contributed by atoms with Crippen molar-refractivity contribution in [2.24, 2.45) is 0 Å². The number of aryl methyl sites for hydroxylation is 1. The van der Waals surface area contributed by atoms with Gasteiger partial charge in [-0.15, -0.1) is 0 Å². The Bertz CT molecular complexity index is 1100. The molecule has 0 spiro atoms. The molecule has 7 nitrogen and oxygen atoms in total. The van der Waals surface area contributed by atoms with Crippen molar-refractivity contribution < 1.29 is 19.2 Å². The molecule has 0 saturated heterocycles. The first-order valence-corrected chi connectivity index (χ1v) is 9.76. The molecule has 1 atom stereocenters. The molecule has 8 heteroatoms. The first-order valence-electron chi connectivity index (χ1n) is 9.38. The van der Waals surface area contributed by atoms with Crippen molar-refractivity contribution in [2.45, 2.75) is 19.4 Å². The fourth-order valence-electron chi connectivity index (χ4n) is 2.86. The number of amides is 1. The lowest BCUT2D eigenvalue weighted by Gasteiger charge is -2.18. The first-order chi connectivity index (χ1) is 14.8. The molecule has 1 amide bonds. The van der Waals surface area contributed by atoms with Gasteiger partial charge in [0.1, 0.15) is 0 Å². The molecule has 0 aliphatic carbocycles. The topological polar surface area (TPSA) is 98.5 Å². The van der Waals surface area contributed by atoms with Crippen molar-refractivity contribution in [3.05, 3.63) is 105 Å². The number of hydrogen-bond donors (Lipinski definition) is 1. The van der Waals surface area contributed by atoms with E-state index in [4.69, 9.17) is 16.3 Å². The van der Waals surface area contributed by atoms with Crippen LogP contribution in [-0.4, -0.2) is 16.8 Å². The molecule has 3 aromatic carbocycles. The Morgan fingerprint density at radius 3 is 2.35 bits per heavy atom. The normalized spacial score (nSPS) is 11.4. The zero-order valence-corrected chi connectivity index (χ0v) is 17.3. The highest BCUT2D eigenvalue weighted by molar-refractivity contribution is 6.34. The summed E-state index contributed by atoms with van der Waals surface area (Å²) >= 11 is 6.07. The first kappa shape index (κ1) is 22.0. The largest absolute Gasteiger partial charge is 0.447 e. The highest BCUT2D eigenvalue weighted by Crippen LogP contribution is 2.28. The number of carbonyl (C=O) groups is 2. The van der Waals surface area contributed by atoms with Crippen molar-refractivity contribution in [1.29, 1.82) is 0 Å². The van der Waals surface area contributed by atoms with Crippen molar-refractivity contribution in [1.82, 2.24) is 0 Å². The van der Waals surface area contributed by atoms with Crippen molar-refractivity contribution in [3.63, 3.8) is 0 Å². The molecule has 0 bridgehead atoms. The minimum Gasteiger partial charge on any atom is -0.447 e. The van der Waals surface area contributed by atoms with E-state index in [1.165, 1.54) is 12.1 Å². The van der Waals surface area contributed by atoms with Crippen LogP contribution in [0.2, 0.25) is 5.02 Å². The summed E-state index contributed by atoms with van der Waals surface area (Å²) in [5.41, 5.74) is 2.29. The molecule has 1 N–H and O–H groups in total. The van der Waals surface area contributed by atoms with Crippen LogP contribution in [0.15, 0.2) is 72.8 Å². The number of hydrogen-bond acceptors (Lipinski definition) is 5. The van der Waals surface area contributed by atoms with Gasteiger partial charge in [0, 0.05) is 17.7 Å². The molecule has 0 heterocycles. The Hall–Kier alpha value is -3.71. The summed E-state index contributed by atoms with van der Waals surface area (Å²) < 4.78 is 5.50. The lowest BCUT2D eigenvalue weighted by Crippen LogP contribution is -2.26. The van der Waals surface area contributed by atoms with Crippen molar-refractivity contribution >= 4 is 34.9 Å². The molecule has 31 heavy (non-hydrogen) atoms. The molecule has 158 valence electrons. The van der Waals surface area contributed by atoms with Crippen LogP contribution in [-0.2, 0) is 20.7 Å². The van der Waals surface area contributed by atoms with Crippen LogP contribution >= 0.6 is 11.6 Å². The third kappa shape index (κ3) is 5.90. The van der Waals surface area contributed by atoms with E-state index < -0.39 is 22.9 Å². The monoisotopic (exact) mass is 438 g/mol. The highest BCUT2D eigenvalue weighted by atomic mass is 35.5. The van der Waals surface area contributed by atoms with Crippen LogP contribution in [0.4, 0.5) is 11.4 Å². The van der Waals surface area contributed by atoms with Gasteiger partial charge in [-0.2, -0.15) is 0 Å². The number of ether oxygens (including phenoxy) is 1. The average Bonchev–Trinajstić information content (AvgIpc) is 2.75. The van der Waals surface area contributed by atoms with Crippen molar-refractivity contribution in [3.8, 4) is 0 Å². The van der Waals surface area contributed by atoms with Crippen LogP contribution in [0.3, 0.4) is 0 Å². The number of nitrogens with one attached hydrogen (secondary N) is 1. The number of anilines is 1. The Morgan fingerprint density at radius 1 is 1.06 bits per heavy atom. The van der Waals surface area contributed by atoms with Gasteiger partial charge >= 0.3 is 5.97 Å². The molecule has 3 aromatic rings. The van der Waals surface area contributed by atoms with E-state index in [1.54, 1.807) is 30.3 Å². The van der Waals surface area contributed by atoms with Gasteiger partial charge in [0.2, 0.25) is 6.10 Å². The number of rotatable bonds is 7. The Morgan fingerprint density at radius 2 is 1.74 bits per heavy atom. The van der Waals surface area contributed by atoms with Crippen LogP contribution in [0.5, 0.6) is 0 Å². The summed E-state index contributed by atoms with van der Waals surface area (Å²) in [6, 6.07) is 19.7. The summed E-state index contributed by atoms with van der Waals surface area (Å²) in [4.78, 5) is 35.7. The third-order valence-corrected chi connectivity index (χ3v) is 4.79. The minimum absolute atomic E-state index is 0.000318. The van der Waals surface area contributed by atoms with Crippen LogP contribution < -0.4 is 5.32 Å². The fourth-order valence-corrected chi connectivity index (χ4v) is 3.09. The number of nitrogens with zero attached hydrogens (tertiary/aromatic N) is 1. The van der Waals surface area contributed by atoms with Gasteiger partial charge in [-0.3, -0.25) is 19.7 Å². The van der Waals surface area contributed by atoms with E-state index in [9.17, 15) is 19.7 Å². The smallest absolute Gasteiger partial charge is 0.311 e. The fraction of sp³-hybridized carbons (Fsp3) is 0.130. The number of nitro groups is 1. The third-order valence-electron chi connectivity index (χ3n) is 4.48. The summed E-state index contributed by atoms with van der Waals surface area (Å²) in [5.74, 6) is -1.19. The van der Waals surface area contributed by atoms with E-state index >= 15 is 0 Å². The number of non-ortho nitro benzene ring substituents is 1. The van der Waals surface area contributed by atoms with E-state index in [2.05, 4.69) is 5.32 Å². The standard InChI is InChI=1S/C23H19ClN2O5/c1-15-7-9-16(10-8-15)13-21(27)31-22(17-5-3-2-4-6-17)23(28)25-20-12-11-18(26(29)30)14-19(20)24/h2-12,14,22H,13H2,1H3,(H,25,28). The Labute approximate surface area is 183 Å². The second-order valence-electron chi connectivity index (χ2n) is 6.85. The highest BCUT2D eigenvalue weighted by Gasteiger charge is 2.26. The summed E-state index contributed by atoms with van der Waals surface area (Å²) in [7, 11) is 0. The average molecular weight is 439 g/mol. The predicted octanol–water partition coefficient (Wildman–Crippen LogP) is 5.02. The van der Waals surface area contributed by atoms with E-state index in [0.29, 0.717) is 5.56 Å². The van der Waals surface area contributed by atoms with Gasteiger partial charge in [-0.1, -0.05) is 71.8 Å². The van der Waals surface area contributed by atoms with Gasteiger partial charge in [0.25, 0.3) is 11.6 Å².